The average molecular weight is 248 g/mol. The Balaban J connectivity index is 2.25. The first-order valence-electron chi connectivity index (χ1n) is 6.61. The van der Waals surface area contributed by atoms with Crippen molar-refractivity contribution in [3.05, 3.63) is 73.5 Å². The topological polar surface area (TPSA) is 0 Å². The molecule has 94 valence electrons. The fourth-order valence-corrected chi connectivity index (χ4v) is 3.00. The van der Waals surface area contributed by atoms with E-state index < -0.39 is 0 Å². The van der Waals surface area contributed by atoms with Crippen LogP contribution in [0.5, 0.6) is 0 Å². The molecule has 0 atom stereocenters. The lowest BCUT2D eigenvalue weighted by Crippen LogP contribution is -2.42. The smallest absolute Gasteiger partial charge is 0.146 e. The van der Waals surface area contributed by atoms with Crippen molar-refractivity contribution < 1.29 is 0 Å². The van der Waals surface area contributed by atoms with Gasteiger partial charge < -0.3 is 0 Å². The minimum absolute atomic E-state index is 0.799. The van der Waals surface area contributed by atoms with Crippen LogP contribution < -0.4 is 4.48 Å². The summed E-state index contributed by atoms with van der Waals surface area (Å²) in [5.41, 5.74) is 2.68. The summed E-state index contributed by atoms with van der Waals surface area (Å²) in [5, 5.41) is 2.62. The molecule has 3 rings (SSSR count). The molecule has 0 unspecified atom stereocenters. The maximum atomic E-state index is 3.90. The second kappa shape index (κ2) is 4.52. The molecule has 2 aromatic carbocycles. The molecule has 0 fully saturated rings. The molecule has 0 saturated carbocycles. The Morgan fingerprint density at radius 1 is 0.947 bits per heavy atom. The van der Waals surface area contributed by atoms with Gasteiger partial charge in [0.2, 0.25) is 0 Å². The predicted octanol–water partition coefficient (Wildman–Crippen LogP) is 4.50. The molecule has 0 spiro atoms. The standard InChI is InChI=1S/C18H18N/c1-3-12-19(13-4-2)14-11-17-16-8-6-5-7-15(16)9-10-18(17)19/h3-11,14H,1-2,12-13H2/q+1. The summed E-state index contributed by atoms with van der Waals surface area (Å²) < 4.78 is 0.799. The molecular weight excluding hydrogens is 230 g/mol. The zero-order valence-electron chi connectivity index (χ0n) is 11.0. The van der Waals surface area contributed by atoms with Gasteiger partial charge in [0.25, 0.3) is 0 Å². The fourth-order valence-electron chi connectivity index (χ4n) is 3.00. The number of nitrogens with zero attached hydrogens (tertiary/aromatic N) is 1. The summed E-state index contributed by atoms with van der Waals surface area (Å²) in [7, 11) is 0. The monoisotopic (exact) mass is 248 g/mol. The Hall–Kier alpha value is -2.12. The van der Waals surface area contributed by atoms with Gasteiger partial charge in [-0.2, -0.15) is 0 Å². The Labute approximate surface area is 114 Å². The van der Waals surface area contributed by atoms with Crippen molar-refractivity contribution in [3.63, 3.8) is 0 Å². The van der Waals surface area contributed by atoms with E-state index in [1.54, 1.807) is 0 Å². The van der Waals surface area contributed by atoms with Crippen molar-refractivity contribution in [3.8, 4) is 0 Å². The average Bonchev–Trinajstić information content (AvgIpc) is 2.79. The zero-order valence-corrected chi connectivity index (χ0v) is 11.0. The molecule has 0 radical (unpaired) electrons. The zero-order chi connectivity index (χ0) is 13.3. The van der Waals surface area contributed by atoms with Gasteiger partial charge in [-0.15, -0.1) is 0 Å². The van der Waals surface area contributed by atoms with Crippen molar-refractivity contribution in [2.75, 3.05) is 13.1 Å². The van der Waals surface area contributed by atoms with Crippen molar-refractivity contribution in [2.45, 2.75) is 0 Å². The maximum absolute atomic E-state index is 3.90. The molecule has 0 aromatic heterocycles. The van der Waals surface area contributed by atoms with Crippen molar-refractivity contribution in [1.82, 2.24) is 4.48 Å². The fraction of sp³-hybridized carbons (Fsp3) is 0.111. The second-order valence-electron chi connectivity index (χ2n) is 5.01. The van der Waals surface area contributed by atoms with Crippen molar-refractivity contribution >= 4 is 22.5 Å². The largest absolute Gasteiger partial charge is 0.258 e. The third-order valence-electron chi connectivity index (χ3n) is 3.86. The Kier molecular flexibility index (Phi) is 2.84. The van der Waals surface area contributed by atoms with Gasteiger partial charge in [0.15, 0.2) is 0 Å². The Bertz CT molecular complexity index is 669. The molecular formula is C18H18N+. The molecule has 1 nitrogen and oxygen atoms in total. The third-order valence-corrected chi connectivity index (χ3v) is 3.86. The number of fused-ring (bicyclic) bond motifs is 3. The maximum Gasteiger partial charge on any atom is 0.146 e. The van der Waals surface area contributed by atoms with E-state index >= 15 is 0 Å². The van der Waals surface area contributed by atoms with Crippen LogP contribution in [0.3, 0.4) is 0 Å². The van der Waals surface area contributed by atoms with Gasteiger partial charge in [-0.25, -0.2) is 0 Å². The first-order valence-corrected chi connectivity index (χ1v) is 6.61. The van der Waals surface area contributed by atoms with Gasteiger partial charge in [-0.3, -0.25) is 4.48 Å². The van der Waals surface area contributed by atoms with Crippen LogP contribution in [-0.2, 0) is 0 Å². The van der Waals surface area contributed by atoms with E-state index in [-0.39, 0.29) is 0 Å². The van der Waals surface area contributed by atoms with Crippen LogP contribution in [0.4, 0.5) is 5.69 Å². The third kappa shape index (κ3) is 1.74. The second-order valence-corrected chi connectivity index (χ2v) is 5.01. The van der Waals surface area contributed by atoms with E-state index in [2.05, 4.69) is 61.8 Å². The lowest BCUT2D eigenvalue weighted by Gasteiger charge is -2.30. The summed E-state index contributed by atoms with van der Waals surface area (Å²) in [6.45, 7) is 9.60. The number of rotatable bonds is 4. The van der Waals surface area contributed by atoms with Crippen LogP contribution in [0.2, 0.25) is 0 Å². The van der Waals surface area contributed by atoms with Crippen LogP contribution >= 0.6 is 0 Å². The highest BCUT2D eigenvalue weighted by molar-refractivity contribution is 5.97. The van der Waals surface area contributed by atoms with E-state index in [4.69, 9.17) is 0 Å². The van der Waals surface area contributed by atoms with Crippen LogP contribution in [0, 0.1) is 0 Å². The number of hydrogen-bond donors (Lipinski definition) is 0. The summed E-state index contributed by atoms with van der Waals surface area (Å²) in [6.07, 6.45) is 8.47. The molecule has 19 heavy (non-hydrogen) atoms. The van der Waals surface area contributed by atoms with Crippen molar-refractivity contribution in [1.29, 1.82) is 0 Å². The van der Waals surface area contributed by atoms with E-state index in [1.165, 1.54) is 22.0 Å². The van der Waals surface area contributed by atoms with E-state index in [9.17, 15) is 0 Å². The van der Waals surface area contributed by atoms with Crippen LogP contribution in [0.1, 0.15) is 5.56 Å². The first-order chi connectivity index (χ1) is 9.30. The molecule has 1 heterocycles. The van der Waals surface area contributed by atoms with E-state index in [0.29, 0.717) is 0 Å². The highest BCUT2D eigenvalue weighted by Gasteiger charge is 2.33. The highest BCUT2D eigenvalue weighted by Crippen LogP contribution is 2.39. The minimum Gasteiger partial charge on any atom is -0.258 e. The predicted molar refractivity (Wildman–Crippen MR) is 84.9 cm³/mol. The Morgan fingerprint density at radius 3 is 2.42 bits per heavy atom. The quantitative estimate of drug-likeness (QED) is 0.552. The number of hydrogen-bond acceptors (Lipinski definition) is 0. The lowest BCUT2D eigenvalue weighted by atomic mass is 10.0. The molecule has 1 aliphatic heterocycles. The summed E-state index contributed by atoms with van der Waals surface area (Å²) in [5.74, 6) is 0. The van der Waals surface area contributed by atoms with Gasteiger partial charge in [0.05, 0.1) is 0 Å². The Morgan fingerprint density at radius 2 is 1.68 bits per heavy atom. The molecule has 0 amide bonds. The van der Waals surface area contributed by atoms with E-state index in [1.807, 2.05) is 12.2 Å². The van der Waals surface area contributed by atoms with Crippen LogP contribution in [-0.4, -0.2) is 13.1 Å². The van der Waals surface area contributed by atoms with Crippen LogP contribution in [0.15, 0.2) is 67.9 Å². The van der Waals surface area contributed by atoms with Crippen molar-refractivity contribution in [2.24, 2.45) is 0 Å². The van der Waals surface area contributed by atoms with E-state index in [0.717, 1.165) is 17.6 Å². The SMILES string of the molecule is C=CC[N+]1(CC=C)C=Cc2c1ccc1ccccc21. The number of quaternary nitrogens is 1. The highest BCUT2D eigenvalue weighted by atomic mass is 15.3. The van der Waals surface area contributed by atoms with Gasteiger partial charge in [0, 0.05) is 17.7 Å². The number of benzene rings is 2. The molecule has 1 aliphatic rings. The molecule has 2 aromatic rings. The summed E-state index contributed by atoms with van der Waals surface area (Å²) >= 11 is 0. The molecule has 0 saturated heterocycles. The van der Waals surface area contributed by atoms with Gasteiger partial charge >= 0.3 is 0 Å². The molecule has 0 aliphatic carbocycles. The van der Waals surface area contributed by atoms with Gasteiger partial charge in [-0.05, 0) is 29.0 Å². The first kappa shape index (κ1) is 11.9. The summed E-state index contributed by atoms with van der Waals surface area (Å²) in [4.78, 5) is 0. The normalized spacial score (nSPS) is 15.4. The molecule has 0 bridgehead atoms. The minimum atomic E-state index is 0.799. The van der Waals surface area contributed by atoms with Gasteiger partial charge in [-0.1, -0.05) is 37.4 Å². The van der Waals surface area contributed by atoms with Gasteiger partial charge in [0.1, 0.15) is 25.0 Å². The summed E-state index contributed by atoms with van der Waals surface area (Å²) in [6, 6.07) is 13.0. The lowest BCUT2D eigenvalue weighted by molar-refractivity contribution is 0.457. The molecule has 1 heteroatoms. The molecule has 0 N–H and O–H groups in total. The van der Waals surface area contributed by atoms with Crippen LogP contribution in [0.25, 0.3) is 16.8 Å².